The summed E-state index contributed by atoms with van der Waals surface area (Å²) in [6, 6.07) is 7.52. The summed E-state index contributed by atoms with van der Waals surface area (Å²) < 4.78 is 5.50. The smallest absolute Gasteiger partial charge is 0.240 e. The van der Waals surface area contributed by atoms with Gasteiger partial charge in [0.25, 0.3) is 0 Å². The van der Waals surface area contributed by atoms with Gasteiger partial charge in [0.15, 0.2) is 5.13 Å². The van der Waals surface area contributed by atoms with E-state index in [-0.39, 0.29) is 31.0 Å². The molecule has 1 aliphatic rings. The number of carbonyl (C=O) groups excluding carboxylic acids is 1. The summed E-state index contributed by atoms with van der Waals surface area (Å²) >= 11 is 7.55. The van der Waals surface area contributed by atoms with Crippen LogP contribution in [0.5, 0.6) is 0 Å². The maximum atomic E-state index is 11.9. The van der Waals surface area contributed by atoms with Gasteiger partial charge in [-0.15, -0.1) is 23.7 Å². The normalized spacial score (nSPS) is 16.6. The lowest BCUT2D eigenvalue weighted by Crippen LogP contribution is -2.33. The number of ether oxygens (including phenoxy) is 1. The summed E-state index contributed by atoms with van der Waals surface area (Å²) in [5, 5.41) is 9.02. The van der Waals surface area contributed by atoms with Crippen LogP contribution >= 0.6 is 35.3 Å². The molecule has 1 aromatic heterocycles. The molecule has 1 amide bonds. The Bertz CT molecular complexity index is 675. The van der Waals surface area contributed by atoms with E-state index in [2.05, 4.69) is 15.6 Å². The third-order valence-corrected chi connectivity index (χ3v) is 4.67. The van der Waals surface area contributed by atoms with Gasteiger partial charge >= 0.3 is 0 Å². The zero-order chi connectivity index (χ0) is 16.1. The minimum absolute atomic E-state index is 0. The van der Waals surface area contributed by atoms with E-state index in [0.717, 1.165) is 30.7 Å². The monoisotopic (exact) mass is 387 g/mol. The molecule has 1 aromatic carbocycles. The number of aromatic nitrogens is 1. The lowest BCUT2D eigenvalue weighted by molar-refractivity contribution is -0.115. The number of carbonyl (C=O) groups is 1. The molecule has 1 saturated heterocycles. The fourth-order valence-corrected chi connectivity index (χ4v) is 3.40. The van der Waals surface area contributed by atoms with Gasteiger partial charge in [-0.05, 0) is 18.9 Å². The molecule has 2 aromatic rings. The number of thiazole rings is 1. The largest absolute Gasteiger partial charge is 0.377 e. The number of nitrogens with zero attached hydrogens (tertiary/aromatic N) is 1. The molecule has 2 N–H and O–H groups in total. The van der Waals surface area contributed by atoms with Gasteiger partial charge in [-0.25, -0.2) is 4.98 Å². The lowest BCUT2D eigenvalue weighted by atomic mass is 10.2. The number of amides is 1. The summed E-state index contributed by atoms with van der Waals surface area (Å²) in [4.78, 5) is 16.3. The van der Waals surface area contributed by atoms with Crippen LogP contribution in [0.3, 0.4) is 0 Å². The number of benzene rings is 1. The van der Waals surface area contributed by atoms with E-state index in [9.17, 15) is 4.79 Å². The van der Waals surface area contributed by atoms with Gasteiger partial charge in [0.1, 0.15) is 0 Å². The van der Waals surface area contributed by atoms with Crippen LogP contribution < -0.4 is 10.6 Å². The molecule has 1 unspecified atom stereocenters. The number of halogens is 2. The van der Waals surface area contributed by atoms with Crippen molar-refractivity contribution in [2.24, 2.45) is 0 Å². The quantitative estimate of drug-likeness (QED) is 0.794. The molecule has 1 aliphatic heterocycles. The summed E-state index contributed by atoms with van der Waals surface area (Å²) in [5.41, 5.74) is 1.63. The van der Waals surface area contributed by atoms with Crippen LogP contribution in [-0.2, 0) is 9.53 Å². The molecule has 3 rings (SSSR count). The zero-order valence-corrected chi connectivity index (χ0v) is 15.3. The molecule has 0 saturated carbocycles. The predicted octanol–water partition coefficient (Wildman–Crippen LogP) is 3.59. The van der Waals surface area contributed by atoms with Gasteiger partial charge in [-0.1, -0.05) is 29.8 Å². The molecule has 8 heteroatoms. The maximum absolute atomic E-state index is 11.9. The highest BCUT2D eigenvalue weighted by molar-refractivity contribution is 7.14. The van der Waals surface area contributed by atoms with E-state index in [0.29, 0.717) is 16.7 Å². The first-order valence-electron chi connectivity index (χ1n) is 7.55. The molecule has 0 spiro atoms. The van der Waals surface area contributed by atoms with Crippen molar-refractivity contribution in [3.8, 4) is 11.3 Å². The van der Waals surface area contributed by atoms with Crippen molar-refractivity contribution in [1.82, 2.24) is 10.3 Å². The van der Waals surface area contributed by atoms with Crippen LogP contribution in [0, 0.1) is 0 Å². The molecular weight excluding hydrogens is 369 g/mol. The van der Waals surface area contributed by atoms with E-state index < -0.39 is 0 Å². The van der Waals surface area contributed by atoms with Gasteiger partial charge in [0.05, 0.1) is 18.3 Å². The molecule has 5 nitrogen and oxygen atoms in total. The summed E-state index contributed by atoms with van der Waals surface area (Å²) in [6.07, 6.45) is 2.39. The van der Waals surface area contributed by atoms with Crippen LogP contribution in [0.2, 0.25) is 5.02 Å². The molecular formula is C16H19Cl2N3O2S. The van der Waals surface area contributed by atoms with Crippen LogP contribution in [0.1, 0.15) is 12.8 Å². The maximum Gasteiger partial charge on any atom is 0.240 e. The molecule has 130 valence electrons. The summed E-state index contributed by atoms with van der Waals surface area (Å²) in [7, 11) is 0. The Labute approximate surface area is 156 Å². The van der Waals surface area contributed by atoms with Crippen molar-refractivity contribution in [2.45, 2.75) is 18.9 Å². The van der Waals surface area contributed by atoms with Crippen molar-refractivity contribution in [1.29, 1.82) is 0 Å². The fraction of sp³-hybridized carbons (Fsp3) is 0.375. The first-order chi connectivity index (χ1) is 11.2. The highest BCUT2D eigenvalue weighted by atomic mass is 35.5. The van der Waals surface area contributed by atoms with Gasteiger partial charge < -0.3 is 15.4 Å². The Morgan fingerprint density at radius 2 is 2.25 bits per heavy atom. The second-order valence-corrected chi connectivity index (χ2v) is 6.60. The predicted molar refractivity (Wildman–Crippen MR) is 100 cm³/mol. The number of rotatable bonds is 6. The summed E-state index contributed by atoms with van der Waals surface area (Å²) in [5.74, 6) is -0.108. The van der Waals surface area contributed by atoms with Crippen LogP contribution in [0.15, 0.2) is 29.6 Å². The highest BCUT2D eigenvalue weighted by Crippen LogP contribution is 2.30. The van der Waals surface area contributed by atoms with Gasteiger partial charge in [-0.2, -0.15) is 0 Å². The Kier molecular flexibility index (Phi) is 7.45. The number of nitrogens with one attached hydrogen (secondary N) is 2. The average molecular weight is 388 g/mol. The Hall–Kier alpha value is -1.18. The molecule has 2 heterocycles. The second-order valence-electron chi connectivity index (χ2n) is 5.33. The van der Waals surface area contributed by atoms with Crippen molar-refractivity contribution in [3.05, 3.63) is 34.7 Å². The molecule has 0 aliphatic carbocycles. The van der Waals surface area contributed by atoms with Gasteiger partial charge in [-0.3, -0.25) is 4.79 Å². The van der Waals surface area contributed by atoms with E-state index in [1.165, 1.54) is 11.3 Å². The standard InChI is InChI=1S/C16H18ClN3O2S.ClH/c17-13-6-2-1-5-12(13)14-10-23-16(19-14)20-15(21)9-18-8-11-4-3-7-22-11;/h1-2,5-6,10-11,18H,3-4,7-9H2,(H,19,20,21);1H. The van der Waals surface area contributed by atoms with Gasteiger partial charge in [0, 0.05) is 29.1 Å². The lowest BCUT2D eigenvalue weighted by Gasteiger charge is -2.10. The fourth-order valence-electron chi connectivity index (χ4n) is 2.44. The van der Waals surface area contributed by atoms with Crippen LogP contribution in [-0.4, -0.2) is 36.7 Å². The Balaban J connectivity index is 0.00000208. The first-order valence-corrected chi connectivity index (χ1v) is 8.81. The van der Waals surface area contributed by atoms with Gasteiger partial charge in [0.2, 0.25) is 5.91 Å². The third kappa shape index (κ3) is 5.16. The van der Waals surface area contributed by atoms with E-state index in [4.69, 9.17) is 16.3 Å². The van der Waals surface area contributed by atoms with Crippen molar-refractivity contribution >= 4 is 46.4 Å². The average Bonchev–Trinajstić information content (AvgIpc) is 3.20. The molecule has 0 radical (unpaired) electrons. The molecule has 1 fully saturated rings. The number of hydrogen-bond donors (Lipinski definition) is 2. The number of anilines is 1. The van der Waals surface area contributed by atoms with Crippen LogP contribution in [0.25, 0.3) is 11.3 Å². The number of hydrogen-bond acceptors (Lipinski definition) is 5. The SMILES string of the molecule is Cl.O=C(CNCC1CCCO1)Nc1nc(-c2ccccc2Cl)cs1. The molecule has 1 atom stereocenters. The Morgan fingerprint density at radius 3 is 3.00 bits per heavy atom. The van der Waals surface area contributed by atoms with Crippen LogP contribution in [0.4, 0.5) is 5.13 Å². The first kappa shape index (κ1) is 19.1. The van der Waals surface area contributed by atoms with E-state index in [1.807, 2.05) is 29.6 Å². The second kappa shape index (κ2) is 9.34. The van der Waals surface area contributed by atoms with Crippen molar-refractivity contribution in [2.75, 3.05) is 25.0 Å². The zero-order valence-electron chi connectivity index (χ0n) is 13.0. The molecule has 0 bridgehead atoms. The molecule has 24 heavy (non-hydrogen) atoms. The third-order valence-electron chi connectivity index (χ3n) is 3.58. The van der Waals surface area contributed by atoms with Crippen molar-refractivity contribution in [3.63, 3.8) is 0 Å². The van der Waals surface area contributed by atoms with E-state index in [1.54, 1.807) is 0 Å². The van der Waals surface area contributed by atoms with Crippen molar-refractivity contribution < 1.29 is 9.53 Å². The van der Waals surface area contributed by atoms with E-state index >= 15 is 0 Å². The summed E-state index contributed by atoms with van der Waals surface area (Å²) in [6.45, 7) is 1.78. The topological polar surface area (TPSA) is 63.2 Å². The Morgan fingerprint density at radius 1 is 1.42 bits per heavy atom. The highest BCUT2D eigenvalue weighted by Gasteiger charge is 2.15. The minimum Gasteiger partial charge on any atom is -0.377 e. The minimum atomic E-state index is -0.108.